The minimum absolute atomic E-state index is 0.0607. The fourth-order valence-electron chi connectivity index (χ4n) is 3.28. The van der Waals surface area contributed by atoms with E-state index in [-0.39, 0.29) is 5.91 Å². The molecule has 6 heteroatoms. The molecule has 0 aliphatic carbocycles. The number of fused-ring (bicyclic) bond motifs is 1. The van der Waals surface area contributed by atoms with Crippen molar-refractivity contribution in [2.24, 2.45) is 0 Å². The average molecular weight is 373 g/mol. The number of nitrogens with one attached hydrogen (secondary N) is 2. The Morgan fingerprint density at radius 1 is 1.11 bits per heavy atom. The van der Waals surface area contributed by atoms with Crippen LogP contribution >= 0.6 is 0 Å². The van der Waals surface area contributed by atoms with Gasteiger partial charge in [-0.05, 0) is 29.3 Å². The van der Waals surface area contributed by atoms with E-state index in [4.69, 9.17) is 0 Å². The molecule has 4 rings (SSSR count). The van der Waals surface area contributed by atoms with Gasteiger partial charge in [0.05, 0.1) is 19.2 Å². The zero-order valence-corrected chi connectivity index (χ0v) is 16.0. The van der Waals surface area contributed by atoms with Crippen molar-refractivity contribution >= 4 is 28.3 Å². The van der Waals surface area contributed by atoms with Gasteiger partial charge in [-0.2, -0.15) is 5.10 Å². The lowest BCUT2D eigenvalue weighted by Crippen LogP contribution is -2.18. The predicted molar refractivity (Wildman–Crippen MR) is 113 cm³/mol. The van der Waals surface area contributed by atoms with Crippen molar-refractivity contribution < 1.29 is 4.79 Å². The molecule has 0 bridgehead atoms. The molecule has 2 aromatic carbocycles. The molecule has 0 spiro atoms. The molecule has 28 heavy (non-hydrogen) atoms. The fourth-order valence-corrected chi connectivity index (χ4v) is 3.28. The van der Waals surface area contributed by atoms with E-state index in [0.717, 1.165) is 27.7 Å². The zero-order valence-electron chi connectivity index (χ0n) is 16.0. The molecule has 0 saturated carbocycles. The summed E-state index contributed by atoms with van der Waals surface area (Å²) in [4.78, 5) is 17.8. The number of amides is 1. The molecular weight excluding hydrogens is 350 g/mol. The molecule has 2 aromatic heterocycles. The highest BCUT2D eigenvalue weighted by Crippen LogP contribution is 2.19. The average Bonchev–Trinajstić information content (AvgIpc) is 3.29. The molecule has 0 fully saturated rings. The first-order valence-corrected chi connectivity index (χ1v) is 9.23. The van der Waals surface area contributed by atoms with Crippen LogP contribution in [0.3, 0.4) is 0 Å². The van der Waals surface area contributed by atoms with E-state index in [1.165, 1.54) is 0 Å². The van der Waals surface area contributed by atoms with Crippen molar-refractivity contribution in [3.63, 3.8) is 0 Å². The third-order valence-electron chi connectivity index (χ3n) is 4.80. The summed E-state index contributed by atoms with van der Waals surface area (Å²) in [6, 6.07) is 18.1. The number of rotatable bonds is 6. The SMILES string of the molecule is CN(C)c1ccc(Cn2nccc2NC(=O)Cc2c[nH]c3ccccc23)cc1. The Hall–Kier alpha value is -3.54. The first kappa shape index (κ1) is 17.9. The van der Waals surface area contributed by atoms with Crippen molar-refractivity contribution in [1.82, 2.24) is 14.8 Å². The van der Waals surface area contributed by atoms with Crippen LogP contribution in [0.1, 0.15) is 11.1 Å². The van der Waals surface area contributed by atoms with E-state index in [0.29, 0.717) is 18.8 Å². The molecule has 0 aliphatic rings. The quantitative estimate of drug-likeness (QED) is 0.542. The lowest BCUT2D eigenvalue weighted by atomic mass is 10.1. The highest BCUT2D eigenvalue weighted by Gasteiger charge is 2.11. The van der Waals surface area contributed by atoms with Crippen molar-refractivity contribution in [3.8, 4) is 0 Å². The van der Waals surface area contributed by atoms with Crippen LogP contribution in [0.2, 0.25) is 0 Å². The van der Waals surface area contributed by atoms with Crippen molar-refractivity contribution in [2.45, 2.75) is 13.0 Å². The summed E-state index contributed by atoms with van der Waals surface area (Å²) in [5, 5.41) is 8.41. The number of hydrogen-bond donors (Lipinski definition) is 2. The smallest absolute Gasteiger partial charge is 0.230 e. The predicted octanol–water partition coefficient (Wildman–Crippen LogP) is 3.66. The number of nitrogens with zero attached hydrogens (tertiary/aromatic N) is 3. The molecule has 4 aromatic rings. The Kier molecular flexibility index (Phi) is 4.85. The summed E-state index contributed by atoms with van der Waals surface area (Å²) < 4.78 is 1.80. The molecular formula is C22H23N5O. The minimum Gasteiger partial charge on any atom is -0.378 e. The van der Waals surface area contributed by atoms with Gasteiger partial charge in [-0.3, -0.25) is 4.79 Å². The third kappa shape index (κ3) is 3.76. The maximum Gasteiger partial charge on any atom is 0.230 e. The van der Waals surface area contributed by atoms with Gasteiger partial charge in [0.1, 0.15) is 5.82 Å². The molecule has 2 heterocycles. The molecule has 0 radical (unpaired) electrons. The monoisotopic (exact) mass is 373 g/mol. The third-order valence-corrected chi connectivity index (χ3v) is 4.80. The normalized spacial score (nSPS) is 10.9. The molecule has 2 N–H and O–H groups in total. The number of aromatic amines is 1. The van der Waals surface area contributed by atoms with Gasteiger partial charge in [-0.25, -0.2) is 4.68 Å². The number of H-pyrrole nitrogens is 1. The summed E-state index contributed by atoms with van der Waals surface area (Å²) >= 11 is 0. The molecule has 0 saturated heterocycles. The first-order chi connectivity index (χ1) is 13.6. The van der Waals surface area contributed by atoms with Crippen LogP contribution in [0.15, 0.2) is 67.0 Å². The lowest BCUT2D eigenvalue weighted by Gasteiger charge is -2.13. The number of carbonyl (C=O) groups excluding carboxylic acids is 1. The molecule has 0 unspecified atom stereocenters. The van der Waals surface area contributed by atoms with E-state index in [9.17, 15) is 4.79 Å². The van der Waals surface area contributed by atoms with Gasteiger partial charge in [0.15, 0.2) is 0 Å². The first-order valence-electron chi connectivity index (χ1n) is 9.23. The van der Waals surface area contributed by atoms with Crippen LogP contribution in [0.4, 0.5) is 11.5 Å². The number of benzene rings is 2. The lowest BCUT2D eigenvalue weighted by molar-refractivity contribution is -0.115. The van der Waals surface area contributed by atoms with E-state index in [1.807, 2.05) is 50.6 Å². The van der Waals surface area contributed by atoms with Crippen LogP contribution < -0.4 is 10.2 Å². The molecule has 1 amide bonds. The van der Waals surface area contributed by atoms with Gasteiger partial charge < -0.3 is 15.2 Å². The van der Waals surface area contributed by atoms with E-state index in [2.05, 4.69) is 44.6 Å². The van der Waals surface area contributed by atoms with Gasteiger partial charge in [-0.15, -0.1) is 0 Å². The summed E-state index contributed by atoms with van der Waals surface area (Å²) in [6.07, 6.45) is 3.91. The highest BCUT2D eigenvalue weighted by atomic mass is 16.1. The Balaban J connectivity index is 1.44. The van der Waals surface area contributed by atoms with Crippen LogP contribution in [0, 0.1) is 0 Å². The fraction of sp³-hybridized carbons (Fsp3) is 0.182. The largest absolute Gasteiger partial charge is 0.378 e. The van der Waals surface area contributed by atoms with Crippen LogP contribution in [0.25, 0.3) is 10.9 Å². The van der Waals surface area contributed by atoms with Crippen molar-refractivity contribution in [2.75, 3.05) is 24.3 Å². The van der Waals surface area contributed by atoms with E-state index < -0.39 is 0 Å². The second-order valence-corrected chi connectivity index (χ2v) is 7.02. The van der Waals surface area contributed by atoms with Gasteiger partial charge in [0.2, 0.25) is 5.91 Å². The molecule has 0 aliphatic heterocycles. The van der Waals surface area contributed by atoms with Gasteiger partial charge in [-0.1, -0.05) is 30.3 Å². The summed E-state index contributed by atoms with van der Waals surface area (Å²) in [5.41, 5.74) is 4.30. The number of hydrogen-bond acceptors (Lipinski definition) is 3. The maximum atomic E-state index is 12.6. The number of para-hydroxylation sites is 1. The standard InChI is InChI=1S/C22H23N5O/c1-26(2)18-9-7-16(8-10-18)15-27-21(11-12-24-27)25-22(28)13-17-14-23-20-6-4-3-5-19(17)20/h3-12,14,23H,13,15H2,1-2H3,(H,25,28). The Morgan fingerprint density at radius 3 is 2.68 bits per heavy atom. The molecule has 6 nitrogen and oxygen atoms in total. The van der Waals surface area contributed by atoms with Crippen molar-refractivity contribution in [1.29, 1.82) is 0 Å². The second-order valence-electron chi connectivity index (χ2n) is 7.02. The van der Waals surface area contributed by atoms with Crippen LogP contribution in [-0.4, -0.2) is 34.8 Å². The van der Waals surface area contributed by atoms with Gasteiger partial charge in [0, 0.05) is 42.9 Å². The topological polar surface area (TPSA) is 66.0 Å². The number of carbonyl (C=O) groups is 1. The van der Waals surface area contributed by atoms with E-state index in [1.54, 1.807) is 10.9 Å². The number of aromatic nitrogens is 3. The summed E-state index contributed by atoms with van der Waals surface area (Å²) in [5.74, 6) is 0.635. The van der Waals surface area contributed by atoms with Gasteiger partial charge in [0.25, 0.3) is 0 Å². The van der Waals surface area contributed by atoms with Crippen molar-refractivity contribution in [3.05, 3.63) is 78.1 Å². The van der Waals surface area contributed by atoms with Crippen LogP contribution in [0.5, 0.6) is 0 Å². The number of anilines is 2. The van der Waals surface area contributed by atoms with E-state index >= 15 is 0 Å². The highest BCUT2D eigenvalue weighted by molar-refractivity contribution is 5.95. The Morgan fingerprint density at radius 2 is 1.89 bits per heavy atom. The maximum absolute atomic E-state index is 12.6. The Labute approximate surface area is 163 Å². The summed E-state index contributed by atoms with van der Waals surface area (Å²) in [7, 11) is 4.04. The minimum atomic E-state index is -0.0607. The Bertz CT molecular complexity index is 1090. The second kappa shape index (κ2) is 7.60. The summed E-state index contributed by atoms with van der Waals surface area (Å²) in [6.45, 7) is 0.601. The van der Waals surface area contributed by atoms with Gasteiger partial charge >= 0.3 is 0 Å². The zero-order chi connectivity index (χ0) is 19.5. The molecule has 0 atom stereocenters. The van der Waals surface area contributed by atoms with Crippen LogP contribution in [-0.2, 0) is 17.8 Å². The molecule has 142 valence electrons.